The zero-order valence-corrected chi connectivity index (χ0v) is 19.9. The smallest absolute Gasteiger partial charge is 0.267 e. The molecule has 1 amide bonds. The number of nitrogen functional groups attached to an aromatic ring is 1. The Labute approximate surface area is 200 Å². The first kappa shape index (κ1) is 22.4. The van der Waals surface area contributed by atoms with Crippen molar-refractivity contribution in [3.8, 4) is 5.75 Å². The molecule has 168 valence electrons. The first-order valence-electron chi connectivity index (χ1n) is 9.79. The Hall–Kier alpha value is -2.83. The van der Waals surface area contributed by atoms with E-state index in [-0.39, 0.29) is 37.1 Å². The molecule has 1 aliphatic heterocycles. The Morgan fingerprint density at radius 2 is 2.06 bits per heavy atom. The number of carbonyl (C=O) groups excluding carboxylic acids is 2. The predicted octanol–water partition coefficient (Wildman–Crippen LogP) is 2.72. The van der Waals surface area contributed by atoms with Gasteiger partial charge in [-0.2, -0.15) is 0 Å². The molecule has 0 aliphatic carbocycles. The van der Waals surface area contributed by atoms with E-state index < -0.39 is 12.1 Å². The average Bonchev–Trinajstić information content (AvgIpc) is 3.36. The number of anilines is 2. The van der Waals surface area contributed by atoms with Gasteiger partial charge in [-0.1, -0.05) is 6.07 Å². The Morgan fingerprint density at radius 3 is 2.72 bits per heavy atom. The number of carbonyl (C=O) groups is 2. The van der Waals surface area contributed by atoms with E-state index in [4.69, 9.17) is 16.2 Å². The third kappa shape index (κ3) is 4.52. The maximum absolute atomic E-state index is 12.6. The number of nitrogens with one attached hydrogen (secondary N) is 4. The molecule has 4 rings (SSSR count). The van der Waals surface area contributed by atoms with E-state index >= 15 is 0 Å². The Balaban J connectivity index is 1.61. The fourth-order valence-electron chi connectivity index (χ4n) is 3.52. The molecular weight excluding hydrogens is 546 g/mol. The van der Waals surface area contributed by atoms with E-state index in [1.54, 1.807) is 30.5 Å². The summed E-state index contributed by atoms with van der Waals surface area (Å²) in [5, 5.41) is 6.26. The van der Waals surface area contributed by atoms with Gasteiger partial charge in [0.2, 0.25) is 0 Å². The van der Waals surface area contributed by atoms with Crippen LogP contribution >= 0.6 is 31.9 Å². The first-order chi connectivity index (χ1) is 15.4. The fraction of sp³-hybridized carbons (Fsp3) is 0.250. The summed E-state index contributed by atoms with van der Waals surface area (Å²) in [7, 11) is 0. The van der Waals surface area contributed by atoms with E-state index in [0.29, 0.717) is 33.0 Å². The lowest BCUT2D eigenvalue weighted by molar-refractivity contribution is 0.0930. The summed E-state index contributed by atoms with van der Waals surface area (Å²) in [4.78, 5) is 35.2. The average molecular weight is 567 g/mol. The Morgan fingerprint density at radius 1 is 1.25 bits per heavy atom. The number of fused-ring (bicyclic) bond motifs is 1. The summed E-state index contributed by atoms with van der Waals surface area (Å²) < 4.78 is 7.64. The van der Waals surface area contributed by atoms with E-state index in [0.717, 1.165) is 4.47 Å². The van der Waals surface area contributed by atoms with Gasteiger partial charge in [-0.05, 0) is 56.6 Å². The largest absolute Gasteiger partial charge is 0.480 e. The van der Waals surface area contributed by atoms with Crippen LogP contribution in [0, 0.1) is 0 Å². The van der Waals surface area contributed by atoms with Crippen LogP contribution < -0.4 is 26.8 Å². The molecule has 0 radical (unpaired) electrons. The number of rotatable bonds is 7. The van der Waals surface area contributed by atoms with E-state index in [2.05, 4.69) is 57.4 Å². The Kier molecular flexibility index (Phi) is 6.53. The molecule has 2 aromatic heterocycles. The molecule has 0 fully saturated rings. The first-order valence-corrected chi connectivity index (χ1v) is 11.4. The van der Waals surface area contributed by atoms with Crippen molar-refractivity contribution in [1.82, 2.24) is 20.3 Å². The van der Waals surface area contributed by atoms with Gasteiger partial charge in [-0.25, -0.2) is 4.98 Å². The van der Waals surface area contributed by atoms with Crippen LogP contribution in [-0.4, -0.2) is 45.8 Å². The van der Waals surface area contributed by atoms with Crippen molar-refractivity contribution in [2.24, 2.45) is 5.73 Å². The second kappa shape index (κ2) is 9.35. The minimum absolute atomic E-state index is 0.0893. The molecule has 2 unspecified atom stereocenters. The summed E-state index contributed by atoms with van der Waals surface area (Å²) in [5.41, 5.74) is 13.4. The highest BCUT2D eigenvalue weighted by Crippen LogP contribution is 2.39. The molecule has 3 aromatic rings. The van der Waals surface area contributed by atoms with E-state index in [1.807, 2.05) is 0 Å². The number of benzene rings is 1. The summed E-state index contributed by atoms with van der Waals surface area (Å²) in [6.45, 7) is 0.454. The zero-order valence-electron chi connectivity index (χ0n) is 16.7. The SMILES string of the molecule is NCCC(=O)c1cccc2c1NC(CNC(=O)c1cc(Br)c(Br)[nH]1)C(c1cnc(N)[nH]1)O2. The molecule has 32 heavy (non-hydrogen) atoms. The van der Waals surface area contributed by atoms with Crippen LogP contribution in [0.3, 0.4) is 0 Å². The van der Waals surface area contributed by atoms with Crippen LogP contribution in [-0.2, 0) is 0 Å². The molecule has 12 heteroatoms. The summed E-state index contributed by atoms with van der Waals surface area (Å²) in [6, 6.07) is 6.52. The lowest BCUT2D eigenvalue weighted by atomic mass is 10.00. The van der Waals surface area contributed by atoms with Crippen LogP contribution in [0.15, 0.2) is 39.5 Å². The second-order valence-electron chi connectivity index (χ2n) is 7.21. The van der Waals surface area contributed by atoms with Crippen molar-refractivity contribution in [3.05, 3.63) is 56.5 Å². The van der Waals surface area contributed by atoms with Crippen molar-refractivity contribution in [3.63, 3.8) is 0 Å². The molecule has 0 spiro atoms. The van der Waals surface area contributed by atoms with Gasteiger partial charge in [-0.15, -0.1) is 0 Å². The van der Waals surface area contributed by atoms with Crippen LogP contribution in [0.2, 0.25) is 0 Å². The molecule has 10 nitrogen and oxygen atoms in total. The number of aromatic nitrogens is 3. The third-order valence-corrected chi connectivity index (χ3v) is 6.80. The van der Waals surface area contributed by atoms with Crippen LogP contribution in [0.1, 0.15) is 39.1 Å². The fourth-order valence-corrected chi connectivity index (χ4v) is 4.17. The lowest BCUT2D eigenvalue weighted by Gasteiger charge is -2.35. The summed E-state index contributed by atoms with van der Waals surface area (Å²) in [6.07, 6.45) is 1.27. The molecule has 0 bridgehead atoms. The summed E-state index contributed by atoms with van der Waals surface area (Å²) >= 11 is 6.68. The number of nitrogens with zero attached hydrogens (tertiary/aromatic N) is 1. The van der Waals surface area contributed by atoms with Gasteiger partial charge in [0.05, 0.1) is 32.7 Å². The highest BCUT2D eigenvalue weighted by molar-refractivity contribution is 9.13. The monoisotopic (exact) mass is 565 g/mol. The highest BCUT2D eigenvalue weighted by atomic mass is 79.9. The molecule has 1 aromatic carbocycles. The molecule has 3 heterocycles. The number of hydrogen-bond donors (Lipinski definition) is 6. The molecule has 1 aliphatic rings. The number of imidazole rings is 1. The van der Waals surface area contributed by atoms with Crippen molar-refractivity contribution >= 4 is 55.2 Å². The third-order valence-electron chi connectivity index (χ3n) is 5.02. The number of ether oxygens (including phenoxy) is 1. The molecular formula is C20H21Br2N7O3. The van der Waals surface area contributed by atoms with Gasteiger partial charge in [-0.3, -0.25) is 9.59 Å². The van der Waals surface area contributed by atoms with Crippen molar-refractivity contribution in [2.45, 2.75) is 18.6 Å². The maximum Gasteiger partial charge on any atom is 0.267 e. The van der Waals surface area contributed by atoms with Crippen molar-refractivity contribution in [1.29, 1.82) is 0 Å². The minimum Gasteiger partial charge on any atom is -0.480 e. The van der Waals surface area contributed by atoms with E-state index in [9.17, 15) is 9.59 Å². The predicted molar refractivity (Wildman–Crippen MR) is 127 cm³/mol. The minimum atomic E-state index is -0.533. The van der Waals surface area contributed by atoms with Gasteiger partial charge < -0.3 is 36.8 Å². The van der Waals surface area contributed by atoms with Crippen LogP contribution in [0.5, 0.6) is 5.75 Å². The highest BCUT2D eigenvalue weighted by Gasteiger charge is 2.34. The maximum atomic E-state index is 12.6. The van der Waals surface area contributed by atoms with Crippen LogP contribution in [0.25, 0.3) is 0 Å². The number of para-hydroxylation sites is 1. The number of aromatic amines is 2. The summed E-state index contributed by atoms with van der Waals surface area (Å²) in [5.74, 6) is 0.393. The second-order valence-corrected chi connectivity index (χ2v) is 8.86. The number of amides is 1. The van der Waals surface area contributed by atoms with Gasteiger partial charge in [0.1, 0.15) is 11.4 Å². The molecule has 0 saturated heterocycles. The number of nitrogens with two attached hydrogens (primary N) is 2. The normalized spacial score (nSPS) is 17.2. The van der Waals surface area contributed by atoms with Crippen LogP contribution in [0.4, 0.5) is 11.6 Å². The van der Waals surface area contributed by atoms with Gasteiger partial charge >= 0.3 is 0 Å². The van der Waals surface area contributed by atoms with Crippen molar-refractivity contribution < 1.29 is 14.3 Å². The Bertz CT molecular complexity index is 1140. The number of H-pyrrole nitrogens is 2. The number of halogens is 2. The molecule has 0 saturated carbocycles. The van der Waals surface area contributed by atoms with E-state index in [1.165, 1.54) is 0 Å². The standard InChI is InChI=1S/C20H21Br2N7O3/c21-10-6-11(28-18(10)22)19(31)25-7-12-17(13-8-26-20(24)29-13)32-15-3-1-2-9(16(15)27-12)14(30)4-5-23/h1-3,6,8,12,17,27-28H,4-5,7,23H2,(H,25,31)(H3,24,26,29). The van der Waals surface area contributed by atoms with Gasteiger partial charge in [0, 0.05) is 18.5 Å². The topological polar surface area (TPSA) is 164 Å². The molecule has 8 N–H and O–H groups in total. The number of Topliss-reactive ketones (excluding diaryl/α,β-unsaturated/α-hetero) is 1. The number of ketones is 1. The zero-order chi connectivity index (χ0) is 22.8. The quantitative estimate of drug-likeness (QED) is 0.239. The molecule has 2 atom stereocenters. The number of hydrogen-bond acceptors (Lipinski definition) is 7. The van der Waals surface area contributed by atoms with Gasteiger partial charge in [0.15, 0.2) is 17.8 Å². The van der Waals surface area contributed by atoms with Gasteiger partial charge in [0.25, 0.3) is 5.91 Å². The van der Waals surface area contributed by atoms with Crippen molar-refractivity contribution in [2.75, 3.05) is 24.1 Å². The lowest BCUT2D eigenvalue weighted by Crippen LogP contribution is -2.44.